The molecule has 2 N–H and O–H groups in total. The maximum Gasteiger partial charge on any atom is 0.0108 e. The first-order valence-corrected chi connectivity index (χ1v) is 7.31. The highest BCUT2D eigenvalue weighted by Gasteiger charge is 2.30. The zero-order valence-corrected chi connectivity index (χ0v) is 12.2. The SMILES string of the molecule is Cc1cc(C)cc(C2CC(C(C)C)CCC2N)c1. The summed E-state index contributed by atoms with van der Waals surface area (Å²) in [6.45, 7) is 9.07. The van der Waals surface area contributed by atoms with Crippen molar-refractivity contribution in [2.75, 3.05) is 0 Å². The van der Waals surface area contributed by atoms with Gasteiger partial charge in [-0.1, -0.05) is 43.2 Å². The van der Waals surface area contributed by atoms with Crippen molar-refractivity contribution in [2.24, 2.45) is 17.6 Å². The van der Waals surface area contributed by atoms with Gasteiger partial charge in [0.1, 0.15) is 0 Å². The van der Waals surface area contributed by atoms with E-state index in [1.54, 1.807) is 0 Å². The minimum atomic E-state index is 0.348. The van der Waals surface area contributed by atoms with Crippen molar-refractivity contribution in [1.82, 2.24) is 0 Å². The minimum Gasteiger partial charge on any atom is -0.327 e. The molecule has 0 heterocycles. The van der Waals surface area contributed by atoms with Gasteiger partial charge in [-0.15, -0.1) is 0 Å². The van der Waals surface area contributed by atoms with Crippen molar-refractivity contribution in [3.05, 3.63) is 34.9 Å². The monoisotopic (exact) mass is 245 g/mol. The molecule has 1 aromatic carbocycles. The van der Waals surface area contributed by atoms with Crippen LogP contribution < -0.4 is 5.73 Å². The number of hydrogen-bond acceptors (Lipinski definition) is 1. The van der Waals surface area contributed by atoms with Crippen molar-refractivity contribution in [2.45, 2.75) is 58.9 Å². The number of rotatable bonds is 2. The highest BCUT2D eigenvalue weighted by molar-refractivity contribution is 5.32. The summed E-state index contributed by atoms with van der Waals surface area (Å²) in [4.78, 5) is 0. The molecule has 0 aromatic heterocycles. The highest BCUT2D eigenvalue weighted by atomic mass is 14.7. The summed E-state index contributed by atoms with van der Waals surface area (Å²) in [6.07, 6.45) is 3.75. The molecule has 1 aromatic rings. The summed E-state index contributed by atoms with van der Waals surface area (Å²) in [7, 11) is 0. The van der Waals surface area contributed by atoms with Crippen LogP contribution in [0.5, 0.6) is 0 Å². The van der Waals surface area contributed by atoms with Gasteiger partial charge in [-0.25, -0.2) is 0 Å². The molecule has 100 valence electrons. The molecule has 1 nitrogen and oxygen atoms in total. The molecule has 0 spiro atoms. The second-order valence-electron chi connectivity index (χ2n) is 6.51. The zero-order chi connectivity index (χ0) is 13.3. The molecule has 1 aliphatic rings. The van der Waals surface area contributed by atoms with Crippen molar-refractivity contribution in [3.8, 4) is 0 Å². The maximum absolute atomic E-state index is 6.37. The summed E-state index contributed by atoms with van der Waals surface area (Å²) in [5.74, 6) is 2.19. The fourth-order valence-corrected chi connectivity index (χ4v) is 3.44. The van der Waals surface area contributed by atoms with Crippen LogP contribution in [0.15, 0.2) is 18.2 Å². The molecule has 18 heavy (non-hydrogen) atoms. The molecule has 3 unspecified atom stereocenters. The van der Waals surface area contributed by atoms with Gasteiger partial charge in [0.2, 0.25) is 0 Å². The standard InChI is InChI=1S/C17H27N/c1-11(2)14-5-6-17(18)16(10-14)15-8-12(3)7-13(4)9-15/h7-9,11,14,16-17H,5-6,10,18H2,1-4H3. The van der Waals surface area contributed by atoms with Crippen LogP contribution in [-0.4, -0.2) is 6.04 Å². The first-order chi connectivity index (χ1) is 8.47. The average Bonchev–Trinajstić information content (AvgIpc) is 2.27. The van der Waals surface area contributed by atoms with E-state index in [9.17, 15) is 0 Å². The van der Waals surface area contributed by atoms with Gasteiger partial charge in [0.25, 0.3) is 0 Å². The lowest BCUT2D eigenvalue weighted by Crippen LogP contribution is -2.36. The molecule has 0 amide bonds. The van der Waals surface area contributed by atoms with Gasteiger partial charge in [0.05, 0.1) is 0 Å². The van der Waals surface area contributed by atoms with Gasteiger partial charge in [0, 0.05) is 6.04 Å². The summed E-state index contributed by atoms with van der Waals surface area (Å²) < 4.78 is 0. The molecule has 1 heteroatoms. The molecule has 1 aliphatic carbocycles. The van der Waals surface area contributed by atoms with Gasteiger partial charge in [0.15, 0.2) is 0 Å². The Kier molecular flexibility index (Phi) is 4.11. The van der Waals surface area contributed by atoms with E-state index in [2.05, 4.69) is 45.9 Å². The zero-order valence-electron chi connectivity index (χ0n) is 12.2. The van der Waals surface area contributed by atoms with Crippen LogP contribution in [0.1, 0.15) is 55.7 Å². The van der Waals surface area contributed by atoms with E-state index in [0.29, 0.717) is 12.0 Å². The third-order valence-electron chi connectivity index (χ3n) is 4.56. The van der Waals surface area contributed by atoms with Crippen molar-refractivity contribution >= 4 is 0 Å². The van der Waals surface area contributed by atoms with Crippen LogP contribution >= 0.6 is 0 Å². The van der Waals surface area contributed by atoms with Gasteiger partial charge in [-0.3, -0.25) is 0 Å². The van der Waals surface area contributed by atoms with Crippen LogP contribution in [-0.2, 0) is 0 Å². The lowest BCUT2D eigenvalue weighted by molar-refractivity contribution is 0.232. The van der Waals surface area contributed by atoms with Gasteiger partial charge in [-0.2, -0.15) is 0 Å². The Hall–Kier alpha value is -0.820. The Morgan fingerprint density at radius 3 is 2.22 bits per heavy atom. The molecule has 1 saturated carbocycles. The van der Waals surface area contributed by atoms with Crippen LogP contribution in [0.2, 0.25) is 0 Å². The van der Waals surface area contributed by atoms with E-state index in [0.717, 1.165) is 11.8 Å². The Balaban J connectivity index is 2.23. The first-order valence-electron chi connectivity index (χ1n) is 7.31. The maximum atomic E-state index is 6.37. The van der Waals surface area contributed by atoms with Gasteiger partial charge >= 0.3 is 0 Å². The molecule has 2 rings (SSSR count). The topological polar surface area (TPSA) is 26.0 Å². The summed E-state index contributed by atoms with van der Waals surface area (Å²) >= 11 is 0. The Morgan fingerprint density at radius 2 is 1.67 bits per heavy atom. The van der Waals surface area contributed by atoms with Crippen LogP contribution in [0.3, 0.4) is 0 Å². The fraction of sp³-hybridized carbons (Fsp3) is 0.647. The number of hydrogen-bond donors (Lipinski definition) is 1. The first kappa shape index (κ1) is 13.6. The average molecular weight is 245 g/mol. The summed E-state index contributed by atoms with van der Waals surface area (Å²) in [5, 5.41) is 0. The summed E-state index contributed by atoms with van der Waals surface area (Å²) in [5.41, 5.74) is 10.6. The van der Waals surface area contributed by atoms with Crippen LogP contribution in [0.25, 0.3) is 0 Å². The van der Waals surface area contributed by atoms with E-state index in [-0.39, 0.29) is 0 Å². The minimum absolute atomic E-state index is 0.348. The quantitative estimate of drug-likeness (QED) is 0.831. The van der Waals surface area contributed by atoms with Crippen LogP contribution in [0.4, 0.5) is 0 Å². The fourth-order valence-electron chi connectivity index (χ4n) is 3.44. The highest BCUT2D eigenvalue weighted by Crippen LogP contribution is 2.39. The smallest absolute Gasteiger partial charge is 0.0108 e. The van der Waals surface area contributed by atoms with E-state index in [1.165, 1.54) is 36.0 Å². The molecule has 1 fully saturated rings. The predicted molar refractivity (Wildman–Crippen MR) is 78.8 cm³/mol. The van der Waals surface area contributed by atoms with Gasteiger partial charge in [-0.05, 0) is 56.4 Å². The lowest BCUT2D eigenvalue weighted by Gasteiger charge is -2.36. The normalized spacial score (nSPS) is 28.7. The Morgan fingerprint density at radius 1 is 1.06 bits per heavy atom. The molecule has 0 bridgehead atoms. The van der Waals surface area contributed by atoms with Crippen molar-refractivity contribution in [1.29, 1.82) is 0 Å². The Bertz CT molecular complexity index is 388. The number of nitrogens with two attached hydrogens (primary N) is 1. The molecule has 3 atom stereocenters. The number of aryl methyl sites for hydroxylation is 2. The van der Waals surface area contributed by atoms with Crippen molar-refractivity contribution < 1.29 is 0 Å². The van der Waals surface area contributed by atoms with E-state index in [4.69, 9.17) is 5.73 Å². The third-order valence-corrected chi connectivity index (χ3v) is 4.56. The number of benzene rings is 1. The third kappa shape index (κ3) is 2.95. The summed E-state index contributed by atoms with van der Waals surface area (Å²) in [6, 6.07) is 7.26. The van der Waals surface area contributed by atoms with E-state index >= 15 is 0 Å². The van der Waals surface area contributed by atoms with Crippen LogP contribution in [0, 0.1) is 25.7 Å². The Labute approximate surface area is 112 Å². The van der Waals surface area contributed by atoms with Gasteiger partial charge < -0.3 is 5.73 Å². The molecular weight excluding hydrogens is 218 g/mol. The molecular formula is C17H27N. The van der Waals surface area contributed by atoms with E-state index in [1.807, 2.05) is 0 Å². The lowest BCUT2D eigenvalue weighted by atomic mass is 9.71. The van der Waals surface area contributed by atoms with E-state index < -0.39 is 0 Å². The second kappa shape index (κ2) is 5.44. The molecule has 0 aliphatic heterocycles. The second-order valence-corrected chi connectivity index (χ2v) is 6.51. The van der Waals surface area contributed by atoms with Crippen molar-refractivity contribution in [3.63, 3.8) is 0 Å². The molecule has 0 radical (unpaired) electrons. The molecule has 0 saturated heterocycles. The largest absolute Gasteiger partial charge is 0.327 e. The predicted octanol–water partition coefficient (Wildman–Crippen LogP) is 4.17.